The van der Waals surface area contributed by atoms with Crippen molar-refractivity contribution in [2.45, 2.75) is 13.8 Å². The minimum absolute atomic E-state index is 0.197. The fourth-order valence-electron chi connectivity index (χ4n) is 3.09. The molecule has 1 N–H and O–H groups in total. The Balaban J connectivity index is 1.51. The van der Waals surface area contributed by atoms with Crippen LogP contribution in [0.25, 0.3) is 16.7 Å². The Bertz CT molecular complexity index is 1260. The first-order valence-electron chi connectivity index (χ1n) is 9.32. The van der Waals surface area contributed by atoms with Crippen molar-refractivity contribution in [2.75, 3.05) is 11.9 Å². The number of hydrogen-bond donors (Lipinski definition) is 1. The standard InChI is InChI=1S/C22H17Cl3N4O2/c1-12-8-19-20(28-29(27-19)16-5-3-14(23)4-6-16)10-18(12)26-21(30)11-31-22-13(2)7-15(24)9-17(22)25/h3-10H,11H2,1-2H3,(H,26,30). The van der Waals surface area contributed by atoms with Gasteiger partial charge in [-0.15, -0.1) is 10.2 Å². The molecule has 6 nitrogen and oxygen atoms in total. The molecule has 0 spiro atoms. The van der Waals surface area contributed by atoms with Crippen molar-refractivity contribution in [1.82, 2.24) is 15.0 Å². The second kappa shape index (κ2) is 8.75. The monoisotopic (exact) mass is 474 g/mol. The van der Waals surface area contributed by atoms with E-state index >= 15 is 0 Å². The van der Waals surface area contributed by atoms with E-state index in [-0.39, 0.29) is 12.5 Å². The van der Waals surface area contributed by atoms with Crippen LogP contribution in [0.4, 0.5) is 5.69 Å². The number of nitrogens with one attached hydrogen (secondary N) is 1. The summed E-state index contributed by atoms with van der Waals surface area (Å²) in [5.41, 5.74) is 4.38. The van der Waals surface area contributed by atoms with Crippen LogP contribution in [0.15, 0.2) is 48.5 Å². The highest BCUT2D eigenvalue weighted by molar-refractivity contribution is 6.35. The highest BCUT2D eigenvalue weighted by atomic mass is 35.5. The minimum atomic E-state index is -0.321. The number of amides is 1. The van der Waals surface area contributed by atoms with Crippen LogP contribution < -0.4 is 10.1 Å². The summed E-state index contributed by atoms with van der Waals surface area (Å²) in [6.07, 6.45) is 0. The van der Waals surface area contributed by atoms with E-state index in [1.165, 1.54) is 4.80 Å². The molecule has 0 atom stereocenters. The van der Waals surface area contributed by atoms with Gasteiger partial charge < -0.3 is 10.1 Å². The van der Waals surface area contributed by atoms with E-state index in [9.17, 15) is 4.79 Å². The van der Waals surface area contributed by atoms with Gasteiger partial charge in [0.1, 0.15) is 16.8 Å². The van der Waals surface area contributed by atoms with Crippen molar-refractivity contribution in [3.63, 3.8) is 0 Å². The van der Waals surface area contributed by atoms with Crippen molar-refractivity contribution < 1.29 is 9.53 Å². The van der Waals surface area contributed by atoms with Crippen molar-refractivity contribution in [1.29, 1.82) is 0 Å². The van der Waals surface area contributed by atoms with Gasteiger partial charge in [-0.1, -0.05) is 34.8 Å². The lowest BCUT2D eigenvalue weighted by Gasteiger charge is -2.12. The summed E-state index contributed by atoms with van der Waals surface area (Å²) < 4.78 is 5.61. The lowest BCUT2D eigenvalue weighted by molar-refractivity contribution is -0.118. The zero-order valence-corrected chi connectivity index (χ0v) is 18.9. The van der Waals surface area contributed by atoms with E-state index in [0.717, 1.165) is 16.8 Å². The molecule has 0 saturated heterocycles. The Morgan fingerprint density at radius 2 is 1.61 bits per heavy atom. The van der Waals surface area contributed by atoms with E-state index in [1.807, 2.05) is 32.0 Å². The molecule has 31 heavy (non-hydrogen) atoms. The first kappa shape index (κ1) is 21.4. The van der Waals surface area contributed by atoms with Crippen molar-refractivity contribution >= 4 is 57.4 Å². The van der Waals surface area contributed by atoms with Gasteiger partial charge in [0.15, 0.2) is 6.61 Å². The molecule has 0 unspecified atom stereocenters. The number of aromatic nitrogens is 3. The molecule has 0 bridgehead atoms. The molecular weight excluding hydrogens is 459 g/mol. The quantitative estimate of drug-likeness (QED) is 0.383. The predicted molar refractivity (Wildman–Crippen MR) is 124 cm³/mol. The van der Waals surface area contributed by atoms with Gasteiger partial charge in [0, 0.05) is 15.7 Å². The predicted octanol–water partition coefficient (Wildman–Crippen LogP) is 6.02. The number of halogens is 3. The lowest BCUT2D eigenvalue weighted by atomic mass is 10.1. The van der Waals surface area contributed by atoms with Gasteiger partial charge in [0.05, 0.1) is 10.7 Å². The SMILES string of the molecule is Cc1cc2nn(-c3ccc(Cl)cc3)nc2cc1NC(=O)COc1c(C)cc(Cl)cc1Cl. The molecule has 1 amide bonds. The number of carbonyl (C=O) groups is 1. The fourth-order valence-corrected chi connectivity index (χ4v) is 3.86. The number of aryl methyl sites for hydroxylation is 2. The fraction of sp³-hybridized carbons (Fsp3) is 0.136. The maximum Gasteiger partial charge on any atom is 0.262 e. The molecule has 1 heterocycles. The number of rotatable bonds is 5. The van der Waals surface area contributed by atoms with Crippen molar-refractivity contribution in [2.24, 2.45) is 0 Å². The van der Waals surface area contributed by atoms with E-state index < -0.39 is 0 Å². The number of carbonyl (C=O) groups excluding carboxylic acids is 1. The molecule has 0 fully saturated rings. The normalized spacial score (nSPS) is 11.0. The number of nitrogens with zero attached hydrogens (tertiary/aromatic N) is 3. The molecule has 3 aromatic carbocycles. The third-order valence-corrected chi connectivity index (χ3v) is 5.35. The summed E-state index contributed by atoms with van der Waals surface area (Å²) >= 11 is 18.1. The molecule has 9 heteroatoms. The zero-order valence-electron chi connectivity index (χ0n) is 16.6. The largest absolute Gasteiger partial charge is 0.482 e. The second-order valence-corrected chi connectivity index (χ2v) is 8.27. The molecule has 1 aromatic heterocycles. The van der Waals surface area contributed by atoms with Gasteiger partial charge in [-0.25, -0.2) is 0 Å². The van der Waals surface area contributed by atoms with Crippen LogP contribution in [0.3, 0.4) is 0 Å². The summed E-state index contributed by atoms with van der Waals surface area (Å²) in [4.78, 5) is 14.0. The Kier molecular flexibility index (Phi) is 6.05. The second-order valence-electron chi connectivity index (χ2n) is 6.99. The zero-order chi connectivity index (χ0) is 22.1. The molecule has 0 saturated carbocycles. The number of anilines is 1. The third kappa shape index (κ3) is 4.77. The average Bonchev–Trinajstić information content (AvgIpc) is 3.10. The molecule has 4 aromatic rings. The number of hydrogen-bond acceptors (Lipinski definition) is 4. The molecule has 4 rings (SSSR count). The summed E-state index contributed by atoms with van der Waals surface area (Å²) in [5, 5.41) is 13.3. The van der Waals surface area contributed by atoms with E-state index in [2.05, 4.69) is 15.5 Å². The Morgan fingerprint density at radius 3 is 2.29 bits per heavy atom. The number of benzene rings is 3. The maximum absolute atomic E-state index is 12.5. The Morgan fingerprint density at radius 1 is 0.935 bits per heavy atom. The van der Waals surface area contributed by atoms with Crippen LogP contribution in [0.1, 0.15) is 11.1 Å². The Labute approximate surface area is 193 Å². The van der Waals surface area contributed by atoms with Gasteiger partial charge >= 0.3 is 0 Å². The summed E-state index contributed by atoms with van der Waals surface area (Å²) in [6.45, 7) is 3.50. The van der Waals surface area contributed by atoms with Gasteiger partial charge in [0.25, 0.3) is 5.91 Å². The van der Waals surface area contributed by atoms with Crippen molar-refractivity contribution in [3.05, 3.63) is 74.7 Å². The number of ether oxygens (including phenoxy) is 1. The number of fused-ring (bicyclic) bond motifs is 1. The Hall–Kier alpha value is -2.80. The van der Waals surface area contributed by atoms with Crippen LogP contribution in [0.2, 0.25) is 15.1 Å². The van der Waals surface area contributed by atoms with Crippen molar-refractivity contribution in [3.8, 4) is 11.4 Å². The van der Waals surface area contributed by atoms with E-state index in [0.29, 0.717) is 37.5 Å². The van der Waals surface area contributed by atoms with Crippen LogP contribution in [0, 0.1) is 13.8 Å². The minimum Gasteiger partial charge on any atom is -0.482 e. The third-order valence-electron chi connectivity index (χ3n) is 4.60. The van der Waals surface area contributed by atoms with Gasteiger partial charge in [-0.2, -0.15) is 4.80 Å². The van der Waals surface area contributed by atoms with Gasteiger partial charge in [0.2, 0.25) is 0 Å². The lowest BCUT2D eigenvalue weighted by Crippen LogP contribution is -2.21. The van der Waals surface area contributed by atoms with Crippen LogP contribution in [-0.4, -0.2) is 27.5 Å². The maximum atomic E-state index is 12.5. The molecule has 0 aliphatic carbocycles. The van der Waals surface area contributed by atoms with Crippen LogP contribution in [0.5, 0.6) is 5.75 Å². The van der Waals surface area contributed by atoms with Crippen LogP contribution in [-0.2, 0) is 4.79 Å². The molecule has 0 aliphatic rings. The summed E-state index contributed by atoms with van der Waals surface area (Å²) in [6, 6.07) is 14.2. The van der Waals surface area contributed by atoms with E-state index in [1.54, 1.807) is 30.3 Å². The molecule has 0 radical (unpaired) electrons. The molecular formula is C22H17Cl3N4O2. The first-order chi connectivity index (χ1) is 14.8. The highest BCUT2D eigenvalue weighted by Gasteiger charge is 2.13. The summed E-state index contributed by atoms with van der Waals surface area (Å²) in [7, 11) is 0. The molecule has 158 valence electrons. The summed E-state index contributed by atoms with van der Waals surface area (Å²) in [5.74, 6) is 0.109. The van der Waals surface area contributed by atoms with Crippen LogP contribution >= 0.6 is 34.8 Å². The molecule has 0 aliphatic heterocycles. The van der Waals surface area contributed by atoms with Gasteiger partial charge in [-0.05, 0) is 73.5 Å². The van der Waals surface area contributed by atoms with E-state index in [4.69, 9.17) is 39.5 Å². The first-order valence-corrected chi connectivity index (χ1v) is 10.5. The van der Waals surface area contributed by atoms with Gasteiger partial charge in [-0.3, -0.25) is 4.79 Å². The smallest absolute Gasteiger partial charge is 0.262 e. The topological polar surface area (TPSA) is 69.0 Å². The highest BCUT2D eigenvalue weighted by Crippen LogP contribution is 2.32. The average molecular weight is 476 g/mol.